The second-order valence-electron chi connectivity index (χ2n) is 7.59. The van der Waals surface area contributed by atoms with Gasteiger partial charge in [-0.25, -0.2) is 19.4 Å². The molecule has 2 aromatic heterocycles. The van der Waals surface area contributed by atoms with E-state index in [1.165, 1.54) is 6.33 Å². The topological polar surface area (TPSA) is 120 Å². The second-order valence-corrected chi connectivity index (χ2v) is 7.59. The number of amides is 2. The number of aryl methyl sites for hydroxylation is 1. The predicted octanol–water partition coefficient (Wildman–Crippen LogP) is 2.31. The minimum Gasteiger partial charge on any atom is -0.490 e. The molecule has 0 aliphatic carbocycles. The van der Waals surface area contributed by atoms with Crippen LogP contribution in [0.1, 0.15) is 20.8 Å². The van der Waals surface area contributed by atoms with Crippen LogP contribution in [0, 0.1) is 0 Å². The first kappa shape index (κ1) is 23.3. The first-order chi connectivity index (χ1) is 16.5. The third-order valence-electron chi connectivity index (χ3n) is 5.40. The molecule has 0 atom stereocenters. The van der Waals surface area contributed by atoms with Gasteiger partial charge in [-0.2, -0.15) is 0 Å². The lowest BCUT2D eigenvalue weighted by Gasteiger charge is -2.35. The Labute approximate surface area is 197 Å². The Kier molecular flexibility index (Phi) is 7.14. The van der Waals surface area contributed by atoms with Gasteiger partial charge in [-0.05, 0) is 20.8 Å². The monoisotopic (exact) mass is 470 g/mol. The van der Waals surface area contributed by atoms with Gasteiger partial charge >= 0.3 is 6.03 Å². The van der Waals surface area contributed by atoms with E-state index in [4.69, 9.17) is 14.2 Å². The molecule has 1 N–H and O–H groups in total. The fourth-order valence-corrected chi connectivity index (χ4v) is 3.86. The molecule has 0 spiro atoms. The van der Waals surface area contributed by atoms with E-state index in [2.05, 4.69) is 30.5 Å². The minimum atomic E-state index is -0.193. The Balaban J connectivity index is 1.45. The second kappa shape index (κ2) is 10.4. The van der Waals surface area contributed by atoms with E-state index in [1.807, 2.05) is 20.8 Å². The lowest BCUT2D eigenvalue weighted by molar-refractivity contribution is 0.208. The number of ether oxygens (including phenoxy) is 3. The number of carbonyl (C=O) groups is 1. The summed E-state index contributed by atoms with van der Waals surface area (Å²) < 4.78 is 18.8. The van der Waals surface area contributed by atoms with Crippen LogP contribution < -0.4 is 24.4 Å². The zero-order valence-electron chi connectivity index (χ0n) is 19.9. The van der Waals surface area contributed by atoms with Crippen LogP contribution in [-0.2, 0) is 7.05 Å². The molecule has 12 nitrogen and oxygen atoms in total. The Bertz CT molecular complexity index is 1120. The number of hydrogen-bond acceptors (Lipinski definition) is 9. The van der Waals surface area contributed by atoms with Crippen molar-refractivity contribution in [2.24, 2.45) is 7.05 Å². The number of nitrogens with zero attached hydrogens (tertiary/aromatic N) is 7. The molecule has 0 radical (unpaired) electrons. The van der Waals surface area contributed by atoms with Gasteiger partial charge in [0, 0.05) is 45.4 Å². The summed E-state index contributed by atoms with van der Waals surface area (Å²) in [6, 6.07) is 3.33. The van der Waals surface area contributed by atoms with E-state index >= 15 is 0 Å². The van der Waals surface area contributed by atoms with Crippen molar-refractivity contribution in [2.75, 3.05) is 56.2 Å². The molecule has 3 aromatic rings. The van der Waals surface area contributed by atoms with Crippen molar-refractivity contribution < 1.29 is 19.0 Å². The Morgan fingerprint density at radius 3 is 2.24 bits per heavy atom. The van der Waals surface area contributed by atoms with E-state index in [9.17, 15) is 4.79 Å². The van der Waals surface area contributed by atoms with Crippen molar-refractivity contribution in [3.63, 3.8) is 0 Å². The van der Waals surface area contributed by atoms with Gasteiger partial charge in [0.25, 0.3) is 0 Å². The van der Waals surface area contributed by atoms with Crippen LogP contribution in [0.3, 0.4) is 0 Å². The Hall–Kier alpha value is -3.83. The number of anilines is 2. The van der Waals surface area contributed by atoms with Crippen LogP contribution in [0.5, 0.6) is 17.2 Å². The molecule has 1 aromatic carbocycles. The van der Waals surface area contributed by atoms with Gasteiger partial charge in [-0.1, -0.05) is 5.21 Å². The molecule has 1 aliphatic heterocycles. The van der Waals surface area contributed by atoms with Crippen molar-refractivity contribution in [2.45, 2.75) is 20.8 Å². The van der Waals surface area contributed by atoms with Gasteiger partial charge < -0.3 is 29.3 Å². The molecule has 0 unspecified atom stereocenters. The molecule has 3 heterocycles. The highest BCUT2D eigenvalue weighted by Crippen LogP contribution is 2.41. The normalized spacial score (nSPS) is 13.8. The number of aromatic nitrogens is 5. The van der Waals surface area contributed by atoms with E-state index in [-0.39, 0.29) is 6.03 Å². The number of nitrogens with one attached hydrogen (secondary N) is 1. The summed E-state index contributed by atoms with van der Waals surface area (Å²) in [7, 11) is 1.79. The molecule has 4 rings (SSSR count). The molecule has 2 amide bonds. The molecule has 1 aliphatic rings. The zero-order chi connectivity index (χ0) is 24.1. The summed E-state index contributed by atoms with van der Waals surface area (Å²) in [6.07, 6.45) is 1.51. The average Bonchev–Trinajstić information content (AvgIpc) is 3.22. The number of piperazine rings is 1. The summed E-state index contributed by atoms with van der Waals surface area (Å²) in [6.45, 7) is 9.40. The molecule has 1 saturated heterocycles. The Morgan fingerprint density at radius 1 is 0.971 bits per heavy atom. The van der Waals surface area contributed by atoms with E-state index in [0.29, 0.717) is 80.1 Å². The van der Waals surface area contributed by atoms with E-state index in [0.717, 1.165) is 5.82 Å². The summed E-state index contributed by atoms with van der Waals surface area (Å²) in [4.78, 5) is 25.5. The highest BCUT2D eigenvalue weighted by molar-refractivity contribution is 5.90. The molecule has 12 heteroatoms. The minimum absolute atomic E-state index is 0.193. The van der Waals surface area contributed by atoms with Crippen LogP contribution in [0.4, 0.5) is 16.3 Å². The fraction of sp³-hybridized carbons (Fsp3) is 0.500. The lowest BCUT2D eigenvalue weighted by Crippen LogP contribution is -2.50. The van der Waals surface area contributed by atoms with Crippen LogP contribution in [0.25, 0.3) is 11.2 Å². The molecule has 34 heavy (non-hydrogen) atoms. The van der Waals surface area contributed by atoms with Crippen molar-refractivity contribution >= 4 is 28.7 Å². The maximum absolute atomic E-state index is 13.0. The van der Waals surface area contributed by atoms with Crippen LogP contribution in [0.15, 0.2) is 18.5 Å². The van der Waals surface area contributed by atoms with Gasteiger partial charge in [-0.15, -0.1) is 5.10 Å². The maximum Gasteiger partial charge on any atom is 0.321 e. The number of carbonyl (C=O) groups excluding carboxylic acids is 1. The largest absolute Gasteiger partial charge is 0.490 e. The van der Waals surface area contributed by atoms with Crippen molar-refractivity contribution in [1.82, 2.24) is 29.9 Å². The highest BCUT2D eigenvalue weighted by Gasteiger charge is 2.25. The summed E-state index contributed by atoms with van der Waals surface area (Å²) >= 11 is 0. The van der Waals surface area contributed by atoms with Crippen molar-refractivity contribution in [3.8, 4) is 17.2 Å². The van der Waals surface area contributed by atoms with Gasteiger partial charge in [0.2, 0.25) is 5.75 Å². The molecule has 0 saturated carbocycles. The zero-order valence-corrected chi connectivity index (χ0v) is 19.9. The SMILES string of the molecule is CCOc1cc(NC(=O)N2CCN(c3ncnc4c3nnn4C)CC2)cc(OCC)c1OCC. The smallest absolute Gasteiger partial charge is 0.321 e. The van der Waals surface area contributed by atoms with Crippen LogP contribution >= 0.6 is 0 Å². The van der Waals surface area contributed by atoms with Gasteiger partial charge in [0.05, 0.1) is 25.5 Å². The lowest BCUT2D eigenvalue weighted by atomic mass is 10.2. The molecule has 0 bridgehead atoms. The summed E-state index contributed by atoms with van der Waals surface area (Å²) in [5, 5.41) is 11.2. The standard InChI is InChI=1S/C22H30N8O4/c1-5-32-16-12-15(13-17(33-6-2)19(16)34-7-3)25-22(31)30-10-8-29(9-11-30)21-18-20(23-14-24-21)28(4)27-26-18/h12-14H,5-11H2,1-4H3,(H,25,31). The molecular weight excluding hydrogens is 440 g/mol. The number of fused-ring (bicyclic) bond motifs is 1. The molecular formula is C22H30N8O4. The Morgan fingerprint density at radius 2 is 1.62 bits per heavy atom. The van der Waals surface area contributed by atoms with Gasteiger partial charge in [0.1, 0.15) is 6.33 Å². The van der Waals surface area contributed by atoms with Crippen LogP contribution in [0.2, 0.25) is 0 Å². The first-order valence-electron chi connectivity index (χ1n) is 11.4. The summed E-state index contributed by atoms with van der Waals surface area (Å²) in [5.41, 5.74) is 1.92. The third kappa shape index (κ3) is 4.75. The fourth-order valence-electron chi connectivity index (χ4n) is 3.86. The third-order valence-corrected chi connectivity index (χ3v) is 5.40. The van der Waals surface area contributed by atoms with Crippen molar-refractivity contribution in [1.29, 1.82) is 0 Å². The number of urea groups is 1. The number of hydrogen-bond donors (Lipinski definition) is 1. The van der Waals surface area contributed by atoms with Gasteiger partial charge in [0.15, 0.2) is 28.5 Å². The van der Waals surface area contributed by atoms with Gasteiger partial charge in [-0.3, -0.25) is 0 Å². The number of rotatable bonds is 8. The maximum atomic E-state index is 13.0. The van der Waals surface area contributed by atoms with E-state index < -0.39 is 0 Å². The molecule has 182 valence electrons. The molecule has 1 fully saturated rings. The quantitative estimate of drug-likeness (QED) is 0.529. The highest BCUT2D eigenvalue weighted by atomic mass is 16.5. The summed E-state index contributed by atoms with van der Waals surface area (Å²) in [5.74, 6) is 2.34. The first-order valence-corrected chi connectivity index (χ1v) is 11.4. The van der Waals surface area contributed by atoms with E-state index in [1.54, 1.807) is 28.8 Å². The predicted molar refractivity (Wildman–Crippen MR) is 127 cm³/mol. The average molecular weight is 471 g/mol. The number of benzene rings is 1. The van der Waals surface area contributed by atoms with Crippen molar-refractivity contribution in [3.05, 3.63) is 18.5 Å². The van der Waals surface area contributed by atoms with Crippen LogP contribution in [-0.4, -0.2) is 81.9 Å².